The van der Waals surface area contributed by atoms with Crippen LogP contribution in [0.1, 0.15) is 17.1 Å². The zero-order valence-electron chi connectivity index (χ0n) is 7.72. The Balaban J connectivity index is 2.75. The van der Waals surface area contributed by atoms with E-state index < -0.39 is 0 Å². The molecule has 0 aliphatic heterocycles. The highest BCUT2D eigenvalue weighted by Gasteiger charge is 2.06. The van der Waals surface area contributed by atoms with E-state index in [-0.39, 0.29) is 0 Å². The van der Waals surface area contributed by atoms with E-state index in [1.165, 1.54) is 0 Å². The lowest BCUT2D eigenvalue weighted by Gasteiger charge is -2.05. The first kappa shape index (κ1) is 9.62. The summed E-state index contributed by atoms with van der Waals surface area (Å²) in [5, 5.41) is 0. The molecule has 1 heterocycles. The van der Waals surface area contributed by atoms with Gasteiger partial charge in [0.15, 0.2) is 0 Å². The zero-order chi connectivity index (χ0) is 9.14. The SMILES string of the molecule is Cc1cc(CN(C)C)oc1CCl. The van der Waals surface area contributed by atoms with Gasteiger partial charge in [0.25, 0.3) is 0 Å². The molecule has 3 heteroatoms. The van der Waals surface area contributed by atoms with Gasteiger partial charge in [-0.2, -0.15) is 0 Å². The van der Waals surface area contributed by atoms with Crippen molar-refractivity contribution in [2.45, 2.75) is 19.3 Å². The second kappa shape index (κ2) is 3.97. The second-order valence-corrected chi connectivity index (χ2v) is 3.46. The van der Waals surface area contributed by atoms with Gasteiger partial charge in [0.2, 0.25) is 0 Å². The standard InChI is InChI=1S/C9H14ClNO/c1-7-4-8(6-11(2)3)12-9(7)5-10/h4H,5-6H2,1-3H3. The molecule has 0 radical (unpaired) electrons. The highest BCUT2D eigenvalue weighted by atomic mass is 35.5. The number of nitrogens with zero attached hydrogens (tertiary/aromatic N) is 1. The molecular formula is C9H14ClNO. The molecule has 12 heavy (non-hydrogen) atoms. The summed E-state index contributed by atoms with van der Waals surface area (Å²) in [6, 6.07) is 2.04. The molecule has 0 N–H and O–H groups in total. The molecule has 0 atom stereocenters. The lowest BCUT2D eigenvalue weighted by Crippen LogP contribution is -2.09. The molecule has 2 nitrogen and oxygen atoms in total. The predicted molar refractivity (Wildman–Crippen MR) is 50.4 cm³/mol. The van der Waals surface area contributed by atoms with Crippen molar-refractivity contribution in [3.8, 4) is 0 Å². The van der Waals surface area contributed by atoms with Crippen molar-refractivity contribution in [1.29, 1.82) is 0 Å². The minimum Gasteiger partial charge on any atom is -0.463 e. The van der Waals surface area contributed by atoms with Gasteiger partial charge in [-0.3, -0.25) is 0 Å². The van der Waals surface area contributed by atoms with Crippen LogP contribution in [0.3, 0.4) is 0 Å². The number of alkyl halides is 1. The number of furan rings is 1. The molecule has 0 saturated heterocycles. The van der Waals surface area contributed by atoms with Crippen LogP contribution in [0.4, 0.5) is 0 Å². The lowest BCUT2D eigenvalue weighted by molar-refractivity contribution is 0.344. The van der Waals surface area contributed by atoms with Crippen LogP contribution in [0.5, 0.6) is 0 Å². The number of hydrogen-bond donors (Lipinski definition) is 0. The summed E-state index contributed by atoms with van der Waals surface area (Å²) >= 11 is 5.67. The van der Waals surface area contributed by atoms with E-state index in [0.717, 1.165) is 23.6 Å². The quantitative estimate of drug-likeness (QED) is 0.676. The third-order valence-corrected chi connectivity index (χ3v) is 1.91. The Kier molecular flexibility index (Phi) is 3.18. The largest absolute Gasteiger partial charge is 0.463 e. The Labute approximate surface area is 78.1 Å². The van der Waals surface area contributed by atoms with Gasteiger partial charge in [0, 0.05) is 0 Å². The summed E-state index contributed by atoms with van der Waals surface area (Å²) in [4.78, 5) is 2.07. The molecule has 0 bridgehead atoms. The fourth-order valence-electron chi connectivity index (χ4n) is 1.11. The molecule has 68 valence electrons. The van der Waals surface area contributed by atoms with Crippen molar-refractivity contribution in [3.05, 3.63) is 23.2 Å². The van der Waals surface area contributed by atoms with Crippen LogP contribution in [0.15, 0.2) is 10.5 Å². The van der Waals surface area contributed by atoms with E-state index in [9.17, 15) is 0 Å². The Hall–Kier alpha value is -0.470. The van der Waals surface area contributed by atoms with Gasteiger partial charge in [-0.05, 0) is 32.6 Å². The first-order valence-corrected chi connectivity index (χ1v) is 4.46. The molecule has 0 saturated carbocycles. The Morgan fingerprint density at radius 3 is 2.58 bits per heavy atom. The molecule has 0 fully saturated rings. The van der Waals surface area contributed by atoms with E-state index in [0.29, 0.717) is 5.88 Å². The van der Waals surface area contributed by atoms with Crippen LogP contribution in [0.25, 0.3) is 0 Å². The van der Waals surface area contributed by atoms with Gasteiger partial charge in [0.1, 0.15) is 11.5 Å². The van der Waals surface area contributed by atoms with Crippen molar-refractivity contribution >= 4 is 11.6 Å². The Bertz CT molecular complexity index is 255. The molecule has 0 amide bonds. The van der Waals surface area contributed by atoms with Gasteiger partial charge in [-0.1, -0.05) is 0 Å². The van der Waals surface area contributed by atoms with Gasteiger partial charge >= 0.3 is 0 Å². The highest BCUT2D eigenvalue weighted by Crippen LogP contribution is 2.17. The average molecular weight is 188 g/mol. The maximum Gasteiger partial charge on any atom is 0.121 e. The number of rotatable bonds is 3. The summed E-state index contributed by atoms with van der Waals surface area (Å²) in [7, 11) is 4.02. The minimum absolute atomic E-state index is 0.458. The Morgan fingerprint density at radius 2 is 2.17 bits per heavy atom. The Morgan fingerprint density at radius 1 is 1.50 bits per heavy atom. The maximum atomic E-state index is 5.67. The van der Waals surface area contributed by atoms with E-state index >= 15 is 0 Å². The van der Waals surface area contributed by atoms with Crippen molar-refractivity contribution in [2.75, 3.05) is 14.1 Å². The molecule has 0 aromatic carbocycles. The van der Waals surface area contributed by atoms with E-state index in [1.54, 1.807) is 0 Å². The van der Waals surface area contributed by atoms with Gasteiger partial charge < -0.3 is 9.32 Å². The minimum atomic E-state index is 0.458. The van der Waals surface area contributed by atoms with Crippen LogP contribution in [-0.2, 0) is 12.4 Å². The molecule has 0 aliphatic carbocycles. The predicted octanol–water partition coefficient (Wildman–Crippen LogP) is 2.39. The topological polar surface area (TPSA) is 16.4 Å². The summed E-state index contributed by atoms with van der Waals surface area (Å²) in [5.41, 5.74) is 1.14. The molecule has 1 rings (SSSR count). The molecule has 0 unspecified atom stereocenters. The van der Waals surface area contributed by atoms with E-state index in [2.05, 4.69) is 4.90 Å². The monoisotopic (exact) mass is 187 g/mol. The van der Waals surface area contributed by atoms with E-state index in [1.807, 2.05) is 27.1 Å². The number of hydrogen-bond acceptors (Lipinski definition) is 2. The average Bonchev–Trinajstić information content (AvgIpc) is 2.29. The van der Waals surface area contributed by atoms with Crippen LogP contribution in [0.2, 0.25) is 0 Å². The molecule has 0 aliphatic rings. The molecule has 1 aromatic heterocycles. The summed E-state index contributed by atoms with van der Waals surface area (Å²) < 4.78 is 5.50. The summed E-state index contributed by atoms with van der Waals surface area (Å²) in [5.74, 6) is 2.32. The zero-order valence-corrected chi connectivity index (χ0v) is 8.48. The highest BCUT2D eigenvalue weighted by molar-refractivity contribution is 6.16. The number of halogens is 1. The fraction of sp³-hybridized carbons (Fsp3) is 0.556. The first-order chi connectivity index (χ1) is 5.63. The number of aryl methyl sites for hydroxylation is 1. The van der Waals surface area contributed by atoms with Crippen molar-refractivity contribution in [3.63, 3.8) is 0 Å². The van der Waals surface area contributed by atoms with Gasteiger partial charge in [0.05, 0.1) is 12.4 Å². The second-order valence-electron chi connectivity index (χ2n) is 3.19. The van der Waals surface area contributed by atoms with Crippen molar-refractivity contribution in [2.24, 2.45) is 0 Å². The molecule has 0 spiro atoms. The van der Waals surface area contributed by atoms with Crippen molar-refractivity contribution < 1.29 is 4.42 Å². The molecular weight excluding hydrogens is 174 g/mol. The van der Waals surface area contributed by atoms with Gasteiger partial charge in [-0.15, -0.1) is 11.6 Å². The van der Waals surface area contributed by atoms with Crippen molar-refractivity contribution in [1.82, 2.24) is 4.90 Å². The summed E-state index contributed by atoms with van der Waals surface area (Å²) in [6.07, 6.45) is 0. The smallest absolute Gasteiger partial charge is 0.121 e. The third kappa shape index (κ3) is 2.26. The van der Waals surface area contributed by atoms with Crippen LogP contribution >= 0.6 is 11.6 Å². The van der Waals surface area contributed by atoms with Crippen LogP contribution in [0, 0.1) is 6.92 Å². The third-order valence-electron chi connectivity index (χ3n) is 1.67. The molecule has 1 aromatic rings. The lowest BCUT2D eigenvalue weighted by atomic mass is 10.3. The summed E-state index contributed by atoms with van der Waals surface area (Å²) in [6.45, 7) is 2.85. The van der Waals surface area contributed by atoms with Crippen LogP contribution < -0.4 is 0 Å². The first-order valence-electron chi connectivity index (χ1n) is 3.92. The van der Waals surface area contributed by atoms with Gasteiger partial charge in [-0.25, -0.2) is 0 Å². The van der Waals surface area contributed by atoms with E-state index in [4.69, 9.17) is 16.0 Å². The fourth-order valence-corrected chi connectivity index (χ4v) is 1.38. The maximum absolute atomic E-state index is 5.67. The normalized spacial score (nSPS) is 11.1. The van der Waals surface area contributed by atoms with Crippen LogP contribution in [-0.4, -0.2) is 19.0 Å².